The summed E-state index contributed by atoms with van der Waals surface area (Å²) in [6, 6.07) is 2.77. The number of aliphatic carboxylic acids is 1. The summed E-state index contributed by atoms with van der Waals surface area (Å²) >= 11 is 0. The van der Waals surface area contributed by atoms with Crippen molar-refractivity contribution in [2.24, 2.45) is 0 Å². The van der Waals surface area contributed by atoms with E-state index < -0.39 is 29.6 Å². The zero-order valence-corrected chi connectivity index (χ0v) is 11.5. The van der Waals surface area contributed by atoms with Crippen molar-refractivity contribution in [1.29, 1.82) is 0 Å². The minimum absolute atomic E-state index is 0.0478. The van der Waals surface area contributed by atoms with Crippen LogP contribution in [0.5, 0.6) is 0 Å². The first-order valence-electron chi connectivity index (χ1n) is 6.96. The molecular formula is C15H17F2NO3. The van der Waals surface area contributed by atoms with E-state index in [1.807, 2.05) is 0 Å². The number of benzene rings is 1. The fourth-order valence-electron chi connectivity index (χ4n) is 2.61. The van der Waals surface area contributed by atoms with Crippen LogP contribution in [0.3, 0.4) is 0 Å². The summed E-state index contributed by atoms with van der Waals surface area (Å²) in [7, 11) is 0. The molecule has 1 saturated heterocycles. The van der Waals surface area contributed by atoms with Crippen LogP contribution in [0.4, 0.5) is 8.78 Å². The molecule has 0 spiro atoms. The predicted octanol–water partition coefficient (Wildman–Crippen LogP) is 2.36. The Bertz CT molecular complexity index is 548. The van der Waals surface area contributed by atoms with E-state index in [0.717, 1.165) is 25.3 Å². The zero-order valence-electron chi connectivity index (χ0n) is 11.5. The summed E-state index contributed by atoms with van der Waals surface area (Å²) in [5, 5.41) is 9.22. The number of halogens is 2. The number of carbonyl (C=O) groups excluding carboxylic acids is 1. The normalized spacial score (nSPS) is 19.1. The Morgan fingerprint density at radius 1 is 1.24 bits per heavy atom. The molecule has 21 heavy (non-hydrogen) atoms. The van der Waals surface area contributed by atoms with Gasteiger partial charge in [0.1, 0.15) is 6.04 Å². The number of rotatable bonds is 3. The Labute approximate surface area is 121 Å². The van der Waals surface area contributed by atoms with Crippen LogP contribution in [0.25, 0.3) is 0 Å². The van der Waals surface area contributed by atoms with Crippen LogP contribution >= 0.6 is 0 Å². The molecule has 2 rings (SSSR count). The van der Waals surface area contributed by atoms with Gasteiger partial charge in [0.2, 0.25) is 5.91 Å². The minimum atomic E-state index is -1.05. The molecule has 4 nitrogen and oxygen atoms in total. The molecule has 0 saturated carbocycles. The van der Waals surface area contributed by atoms with Crippen molar-refractivity contribution >= 4 is 11.9 Å². The second kappa shape index (κ2) is 6.65. The van der Waals surface area contributed by atoms with Gasteiger partial charge in [-0.2, -0.15) is 0 Å². The zero-order chi connectivity index (χ0) is 15.4. The maximum atomic E-state index is 13.6. The van der Waals surface area contributed by atoms with Crippen molar-refractivity contribution in [2.75, 3.05) is 6.54 Å². The SMILES string of the molecule is O=C(O)C1CCCCCN1C(=O)Cc1cccc(F)c1F. The van der Waals surface area contributed by atoms with Crippen LogP contribution in [0.15, 0.2) is 18.2 Å². The Balaban J connectivity index is 2.17. The van der Waals surface area contributed by atoms with Gasteiger partial charge >= 0.3 is 5.97 Å². The van der Waals surface area contributed by atoms with Crippen molar-refractivity contribution in [3.05, 3.63) is 35.4 Å². The van der Waals surface area contributed by atoms with Gasteiger partial charge in [0.15, 0.2) is 11.6 Å². The highest BCUT2D eigenvalue weighted by atomic mass is 19.2. The van der Waals surface area contributed by atoms with E-state index >= 15 is 0 Å². The number of carboxylic acid groups (broad SMARTS) is 1. The van der Waals surface area contributed by atoms with Gasteiger partial charge in [-0.1, -0.05) is 25.0 Å². The molecule has 0 aliphatic carbocycles. The average molecular weight is 297 g/mol. The third kappa shape index (κ3) is 3.56. The highest BCUT2D eigenvalue weighted by Gasteiger charge is 2.31. The van der Waals surface area contributed by atoms with Gasteiger partial charge in [0.25, 0.3) is 0 Å². The van der Waals surface area contributed by atoms with Crippen LogP contribution < -0.4 is 0 Å². The van der Waals surface area contributed by atoms with E-state index in [4.69, 9.17) is 0 Å². The molecule has 114 valence electrons. The number of nitrogens with zero attached hydrogens (tertiary/aromatic N) is 1. The number of amides is 1. The molecule has 1 N–H and O–H groups in total. The van der Waals surface area contributed by atoms with E-state index in [1.165, 1.54) is 17.0 Å². The highest BCUT2D eigenvalue weighted by molar-refractivity contribution is 5.85. The molecule has 1 amide bonds. The first kappa shape index (κ1) is 15.4. The Morgan fingerprint density at radius 3 is 2.71 bits per heavy atom. The molecule has 0 bridgehead atoms. The summed E-state index contributed by atoms with van der Waals surface area (Å²) in [6.07, 6.45) is 2.40. The topological polar surface area (TPSA) is 57.6 Å². The quantitative estimate of drug-likeness (QED) is 0.932. The number of carboxylic acids is 1. The van der Waals surface area contributed by atoms with Crippen LogP contribution in [-0.4, -0.2) is 34.5 Å². The maximum absolute atomic E-state index is 13.6. The molecule has 6 heteroatoms. The Kier molecular flexibility index (Phi) is 4.88. The molecule has 1 atom stereocenters. The Morgan fingerprint density at radius 2 is 2.00 bits per heavy atom. The Hall–Kier alpha value is -1.98. The lowest BCUT2D eigenvalue weighted by Crippen LogP contribution is -2.45. The third-order valence-corrected chi connectivity index (χ3v) is 3.73. The van der Waals surface area contributed by atoms with Gasteiger partial charge in [0, 0.05) is 12.1 Å². The molecule has 1 aliphatic rings. The molecule has 1 heterocycles. The van der Waals surface area contributed by atoms with Gasteiger partial charge in [-0.3, -0.25) is 4.79 Å². The summed E-state index contributed by atoms with van der Waals surface area (Å²) in [6.45, 7) is 0.340. The fourth-order valence-corrected chi connectivity index (χ4v) is 2.61. The van der Waals surface area contributed by atoms with Crippen molar-refractivity contribution in [2.45, 2.75) is 38.1 Å². The second-order valence-corrected chi connectivity index (χ2v) is 5.18. The van der Waals surface area contributed by atoms with Gasteiger partial charge < -0.3 is 10.0 Å². The second-order valence-electron chi connectivity index (χ2n) is 5.18. The number of hydrogen-bond acceptors (Lipinski definition) is 2. The average Bonchev–Trinajstić information content (AvgIpc) is 2.69. The molecular weight excluding hydrogens is 280 g/mol. The van der Waals surface area contributed by atoms with E-state index in [9.17, 15) is 23.5 Å². The van der Waals surface area contributed by atoms with Gasteiger partial charge in [-0.05, 0) is 18.9 Å². The molecule has 1 fully saturated rings. The monoisotopic (exact) mass is 297 g/mol. The first-order valence-corrected chi connectivity index (χ1v) is 6.96. The number of hydrogen-bond donors (Lipinski definition) is 1. The van der Waals surface area contributed by atoms with Gasteiger partial charge in [-0.15, -0.1) is 0 Å². The predicted molar refractivity (Wildman–Crippen MR) is 71.7 cm³/mol. The molecule has 0 radical (unpaired) electrons. The lowest BCUT2D eigenvalue weighted by atomic mass is 10.1. The summed E-state index contributed by atoms with van der Waals surface area (Å²) in [5.41, 5.74) is -0.0478. The first-order chi connectivity index (χ1) is 10.0. The smallest absolute Gasteiger partial charge is 0.326 e. The summed E-state index contributed by atoms with van der Waals surface area (Å²) < 4.78 is 26.8. The van der Waals surface area contributed by atoms with Crippen LogP contribution in [-0.2, 0) is 16.0 Å². The molecule has 1 unspecified atom stereocenters. The van der Waals surface area contributed by atoms with E-state index in [-0.39, 0.29) is 12.0 Å². The largest absolute Gasteiger partial charge is 0.480 e. The van der Waals surface area contributed by atoms with Crippen LogP contribution in [0, 0.1) is 11.6 Å². The maximum Gasteiger partial charge on any atom is 0.326 e. The van der Waals surface area contributed by atoms with Crippen LogP contribution in [0.2, 0.25) is 0 Å². The molecule has 0 aromatic heterocycles. The molecule has 1 aromatic rings. The van der Waals surface area contributed by atoms with Gasteiger partial charge in [0.05, 0.1) is 6.42 Å². The minimum Gasteiger partial charge on any atom is -0.480 e. The van der Waals surface area contributed by atoms with E-state index in [0.29, 0.717) is 13.0 Å². The number of likely N-dealkylation sites (tertiary alicyclic amines) is 1. The summed E-state index contributed by atoms with van der Waals surface area (Å²) in [5.74, 6) is -3.59. The third-order valence-electron chi connectivity index (χ3n) is 3.73. The molecule has 1 aromatic carbocycles. The van der Waals surface area contributed by atoms with Crippen molar-refractivity contribution in [1.82, 2.24) is 4.90 Å². The lowest BCUT2D eigenvalue weighted by Gasteiger charge is -2.27. The van der Waals surface area contributed by atoms with E-state index in [1.54, 1.807) is 0 Å². The van der Waals surface area contributed by atoms with Crippen molar-refractivity contribution in [3.63, 3.8) is 0 Å². The lowest BCUT2D eigenvalue weighted by molar-refractivity contribution is -0.150. The number of carbonyl (C=O) groups is 2. The van der Waals surface area contributed by atoms with Crippen molar-refractivity contribution < 1.29 is 23.5 Å². The molecule has 1 aliphatic heterocycles. The van der Waals surface area contributed by atoms with E-state index in [2.05, 4.69) is 0 Å². The standard InChI is InChI=1S/C15H17F2NO3/c16-11-6-4-5-10(14(11)17)9-13(19)18-8-3-1-2-7-12(18)15(20)21/h4-6,12H,1-3,7-9H2,(H,20,21). The van der Waals surface area contributed by atoms with Gasteiger partial charge in [-0.25, -0.2) is 13.6 Å². The fraction of sp³-hybridized carbons (Fsp3) is 0.467. The highest BCUT2D eigenvalue weighted by Crippen LogP contribution is 2.19. The van der Waals surface area contributed by atoms with Crippen molar-refractivity contribution in [3.8, 4) is 0 Å². The van der Waals surface area contributed by atoms with Crippen LogP contribution in [0.1, 0.15) is 31.2 Å². The summed E-state index contributed by atoms with van der Waals surface area (Å²) in [4.78, 5) is 24.8.